The number of nitrogens with one attached hydrogen (secondary N) is 1. The van der Waals surface area contributed by atoms with Crippen LogP contribution in [0.4, 0.5) is 5.69 Å². The maximum Gasteiger partial charge on any atom is 0.277 e. The number of carbonyl (C=O) groups excluding carboxylic acids is 1. The molecule has 0 unspecified atom stereocenters. The summed E-state index contributed by atoms with van der Waals surface area (Å²) in [5.74, 6) is 1.03. The molecule has 3 rings (SSSR count). The van der Waals surface area contributed by atoms with Crippen LogP contribution in [0.3, 0.4) is 0 Å². The minimum absolute atomic E-state index is 0.139. The molecule has 0 aliphatic carbocycles. The molecule has 0 bridgehead atoms. The Morgan fingerprint density at radius 2 is 2.07 bits per heavy atom. The van der Waals surface area contributed by atoms with Gasteiger partial charge in [-0.1, -0.05) is 36.0 Å². The van der Waals surface area contributed by atoms with E-state index < -0.39 is 0 Å². The highest BCUT2D eigenvalue weighted by Gasteiger charge is 2.11. The zero-order chi connectivity index (χ0) is 19.8. The van der Waals surface area contributed by atoms with Gasteiger partial charge in [-0.3, -0.25) is 4.79 Å². The van der Waals surface area contributed by atoms with Gasteiger partial charge >= 0.3 is 0 Å². The SMILES string of the molecule is Cc1cccc(OCc2nnc(SCC(=O)Nc3ccc(CC#N)cc3)o2)c1. The van der Waals surface area contributed by atoms with Crippen LogP contribution in [0.25, 0.3) is 0 Å². The van der Waals surface area contributed by atoms with Crippen LogP contribution in [0.2, 0.25) is 0 Å². The van der Waals surface area contributed by atoms with Crippen molar-refractivity contribution in [3.63, 3.8) is 0 Å². The van der Waals surface area contributed by atoms with E-state index in [2.05, 4.69) is 21.6 Å². The summed E-state index contributed by atoms with van der Waals surface area (Å²) in [7, 11) is 0. The van der Waals surface area contributed by atoms with Crippen molar-refractivity contribution in [3.8, 4) is 11.8 Å². The molecule has 1 amide bonds. The van der Waals surface area contributed by atoms with E-state index >= 15 is 0 Å². The lowest BCUT2D eigenvalue weighted by Gasteiger charge is -2.04. The van der Waals surface area contributed by atoms with E-state index in [4.69, 9.17) is 14.4 Å². The number of rotatable bonds is 8. The third-order valence-electron chi connectivity index (χ3n) is 3.65. The summed E-state index contributed by atoms with van der Waals surface area (Å²) in [5, 5.41) is 19.6. The molecule has 28 heavy (non-hydrogen) atoms. The molecule has 0 fully saturated rings. The second-order valence-corrected chi connectivity index (χ2v) is 6.86. The topological polar surface area (TPSA) is 101 Å². The number of amides is 1. The highest BCUT2D eigenvalue weighted by atomic mass is 32.2. The fourth-order valence-electron chi connectivity index (χ4n) is 2.33. The molecule has 0 saturated heterocycles. The summed E-state index contributed by atoms with van der Waals surface area (Å²) in [6.07, 6.45) is 0.344. The lowest BCUT2D eigenvalue weighted by atomic mass is 10.1. The van der Waals surface area contributed by atoms with Crippen LogP contribution in [0.5, 0.6) is 5.75 Å². The van der Waals surface area contributed by atoms with Gasteiger partial charge < -0.3 is 14.5 Å². The molecule has 1 N–H and O–H groups in total. The normalized spacial score (nSPS) is 10.3. The smallest absolute Gasteiger partial charge is 0.277 e. The monoisotopic (exact) mass is 394 g/mol. The van der Waals surface area contributed by atoms with Crippen LogP contribution in [0, 0.1) is 18.3 Å². The zero-order valence-corrected chi connectivity index (χ0v) is 16.0. The first-order valence-corrected chi connectivity index (χ1v) is 9.51. The standard InChI is InChI=1S/C20H18N4O3S/c1-14-3-2-4-17(11-14)26-12-19-23-24-20(27-19)28-13-18(25)22-16-7-5-15(6-8-16)9-10-21/h2-8,11H,9,12-13H2,1H3,(H,22,25). The molecule has 1 aromatic heterocycles. The van der Waals surface area contributed by atoms with Crippen molar-refractivity contribution in [1.82, 2.24) is 10.2 Å². The summed E-state index contributed by atoms with van der Waals surface area (Å²) >= 11 is 1.15. The Balaban J connectivity index is 1.44. The van der Waals surface area contributed by atoms with E-state index in [-0.39, 0.29) is 18.3 Å². The van der Waals surface area contributed by atoms with Crippen molar-refractivity contribution in [3.05, 3.63) is 65.5 Å². The molecule has 0 aliphatic rings. The van der Waals surface area contributed by atoms with Gasteiger partial charge in [-0.05, 0) is 42.3 Å². The van der Waals surface area contributed by atoms with Crippen LogP contribution < -0.4 is 10.1 Å². The van der Waals surface area contributed by atoms with Gasteiger partial charge in [0.2, 0.25) is 5.91 Å². The lowest BCUT2D eigenvalue weighted by molar-refractivity contribution is -0.113. The highest BCUT2D eigenvalue weighted by molar-refractivity contribution is 7.99. The van der Waals surface area contributed by atoms with E-state index in [1.807, 2.05) is 43.3 Å². The molecular formula is C20H18N4O3S. The fraction of sp³-hybridized carbons (Fsp3) is 0.200. The van der Waals surface area contributed by atoms with E-state index in [0.29, 0.717) is 23.2 Å². The minimum Gasteiger partial charge on any atom is -0.484 e. The van der Waals surface area contributed by atoms with Crippen LogP contribution in [0.15, 0.2) is 58.2 Å². The van der Waals surface area contributed by atoms with Crippen LogP contribution >= 0.6 is 11.8 Å². The number of nitrogens with zero attached hydrogens (tertiary/aromatic N) is 3. The van der Waals surface area contributed by atoms with Crippen molar-refractivity contribution in [2.24, 2.45) is 0 Å². The number of anilines is 1. The number of benzene rings is 2. The number of hydrogen-bond acceptors (Lipinski definition) is 7. The summed E-state index contributed by atoms with van der Waals surface area (Å²) in [6, 6.07) is 16.9. The summed E-state index contributed by atoms with van der Waals surface area (Å²) in [6.45, 7) is 2.15. The van der Waals surface area contributed by atoms with Crippen molar-refractivity contribution >= 4 is 23.4 Å². The van der Waals surface area contributed by atoms with Crippen LogP contribution in [-0.2, 0) is 17.8 Å². The molecule has 0 saturated carbocycles. The maximum atomic E-state index is 12.0. The Bertz CT molecular complexity index is 980. The fourth-order valence-corrected chi connectivity index (χ4v) is 2.91. The van der Waals surface area contributed by atoms with Gasteiger partial charge in [0.15, 0.2) is 6.61 Å². The van der Waals surface area contributed by atoms with Gasteiger partial charge in [-0.2, -0.15) is 5.26 Å². The Morgan fingerprint density at radius 3 is 2.82 bits per heavy atom. The van der Waals surface area contributed by atoms with Crippen molar-refractivity contribution in [2.45, 2.75) is 25.2 Å². The number of aromatic nitrogens is 2. The van der Waals surface area contributed by atoms with E-state index in [1.165, 1.54) is 0 Å². The number of hydrogen-bond donors (Lipinski definition) is 1. The second kappa shape index (κ2) is 9.58. The van der Waals surface area contributed by atoms with Crippen LogP contribution in [-0.4, -0.2) is 21.9 Å². The maximum absolute atomic E-state index is 12.0. The zero-order valence-electron chi connectivity index (χ0n) is 15.2. The molecular weight excluding hydrogens is 376 g/mol. The first-order valence-electron chi connectivity index (χ1n) is 8.53. The largest absolute Gasteiger partial charge is 0.484 e. The van der Waals surface area contributed by atoms with E-state index in [9.17, 15) is 4.79 Å². The number of aryl methyl sites for hydroxylation is 1. The van der Waals surface area contributed by atoms with Gasteiger partial charge in [0.25, 0.3) is 11.1 Å². The van der Waals surface area contributed by atoms with Gasteiger partial charge in [0.1, 0.15) is 5.75 Å². The molecule has 1 heterocycles. The third kappa shape index (κ3) is 5.86. The first kappa shape index (κ1) is 19.5. The van der Waals surface area contributed by atoms with Gasteiger partial charge in [-0.25, -0.2) is 0 Å². The Hall–Kier alpha value is -3.31. The molecule has 0 atom stereocenters. The minimum atomic E-state index is -0.186. The predicted octanol–water partition coefficient (Wildman–Crippen LogP) is 3.75. The van der Waals surface area contributed by atoms with Gasteiger partial charge in [0.05, 0.1) is 18.2 Å². The van der Waals surface area contributed by atoms with Gasteiger partial charge in [-0.15, -0.1) is 10.2 Å². The van der Waals surface area contributed by atoms with E-state index in [0.717, 1.165) is 28.6 Å². The summed E-state index contributed by atoms with van der Waals surface area (Å²) in [4.78, 5) is 12.0. The number of thioether (sulfide) groups is 1. The Morgan fingerprint density at radius 1 is 1.25 bits per heavy atom. The Labute approximate surface area is 166 Å². The molecule has 8 heteroatoms. The number of carbonyl (C=O) groups is 1. The number of ether oxygens (including phenoxy) is 1. The predicted molar refractivity (Wildman–Crippen MR) is 105 cm³/mol. The highest BCUT2D eigenvalue weighted by Crippen LogP contribution is 2.19. The molecule has 7 nitrogen and oxygen atoms in total. The average Bonchev–Trinajstić information content (AvgIpc) is 3.15. The first-order chi connectivity index (χ1) is 13.6. The van der Waals surface area contributed by atoms with Crippen molar-refractivity contribution in [2.75, 3.05) is 11.1 Å². The molecule has 0 aliphatic heterocycles. The summed E-state index contributed by atoms with van der Waals surface area (Å²) < 4.78 is 11.1. The van der Waals surface area contributed by atoms with Crippen molar-refractivity contribution < 1.29 is 13.9 Å². The quantitative estimate of drug-likeness (QED) is 0.581. The van der Waals surface area contributed by atoms with Crippen LogP contribution in [0.1, 0.15) is 17.0 Å². The third-order valence-corrected chi connectivity index (χ3v) is 4.47. The average molecular weight is 394 g/mol. The molecule has 2 aromatic carbocycles. The molecule has 0 radical (unpaired) electrons. The second-order valence-electron chi connectivity index (χ2n) is 5.94. The molecule has 142 valence electrons. The van der Waals surface area contributed by atoms with Crippen molar-refractivity contribution in [1.29, 1.82) is 5.26 Å². The van der Waals surface area contributed by atoms with E-state index in [1.54, 1.807) is 12.1 Å². The Kier molecular flexibility index (Phi) is 6.65. The van der Waals surface area contributed by atoms with Gasteiger partial charge in [0, 0.05) is 5.69 Å². The number of nitriles is 1. The molecule has 0 spiro atoms. The lowest BCUT2D eigenvalue weighted by Crippen LogP contribution is -2.13. The summed E-state index contributed by atoms with van der Waals surface area (Å²) in [5.41, 5.74) is 2.68. The molecule has 3 aromatic rings.